The molecular formula is C25H29F2N7S2. The first-order valence-corrected chi connectivity index (χ1v) is 11.5. The smallest absolute Gasteiger partial charge is 0.164 e. The van der Waals surface area contributed by atoms with E-state index in [1.807, 2.05) is 30.5 Å². The normalized spacial score (nSPS) is 18.9. The summed E-state index contributed by atoms with van der Waals surface area (Å²) in [5.74, 6) is 0.346. The van der Waals surface area contributed by atoms with Gasteiger partial charge in [0.2, 0.25) is 0 Å². The number of nitrogens with one attached hydrogen (secondary N) is 1. The van der Waals surface area contributed by atoms with E-state index in [2.05, 4.69) is 25.2 Å². The van der Waals surface area contributed by atoms with Crippen molar-refractivity contribution in [2.24, 2.45) is 0 Å². The predicted molar refractivity (Wildman–Crippen MR) is 145 cm³/mol. The second-order valence-corrected chi connectivity index (χ2v) is 9.29. The van der Waals surface area contributed by atoms with Gasteiger partial charge in [-0.15, -0.1) is 0 Å². The molecule has 0 aliphatic carbocycles. The fourth-order valence-corrected chi connectivity index (χ4v) is 5.24. The molecule has 4 aromatic rings. The van der Waals surface area contributed by atoms with Crippen molar-refractivity contribution in [2.75, 3.05) is 13.1 Å². The molecule has 2 saturated heterocycles. The molecule has 2 aliphatic rings. The molecule has 0 unspecified atom stereocenters. The van der Waals surface area contributed by atoms with Crippen molar-refractivity contribution in [3.8, 4) is 11.4 Å². The number of piperazine rings is 1. The maximum atomic E-state index is 15.3. The van der Waals surface area contributed by atoms with E-state index in [4.69, 9.17) is 4.98 Å². The SMILES string of the molecule is Cc1nc(C)c2nc(-c3cncc(F)c3)n(Cc3ccc(CN4C[C@@H]5C[C@H]4CN5)cc3F)c2n1.S.S. The summed E-state index contributed by atoms with van der Waals surface area (Å²) < 4.78 is 31.1. The highest BCUT2D eigenvalue weighted by Crippen LogP contribution is 2.28. The van der Waals surface area contributed by atoms with Crippen molar-refractivity contribution >= 4 is 38.2 Å². The summed E-state index contributed by atoms with van der Waals surface area (Å²) >= 11 is 0. The molecule has 2 atom stereocenters. The average molecular weight is 530 g/mol. The number of pyridine rings is 1. The lowest BCUT2D eigenvalue weighted by atomic mass is 10.1. The topological polar surface area (TPSA) is 71.8 Å². The molecule has 6 rings (SSSR count). The zero-order valence-corrected chi connectivity index (χ0v) is 22.1. The maximum Gasteiger partial charge on any atom is 0.164 e. The molecule has 0 radical (unpaired) electrons. The lowest BCUT2D eigenvalue weighted by Crippen LogP contribution is -2.42. The molecule has 11 heteroatoms. The Morgan fingerprint density at radius 3 is 2.56 bits per heavy atom. The van der Waals surface area contributed by atoms with Gasteiger partial charge in [0, 0.05) is 49.0 Å². The number of hydrogen-bond acceptors (Lipinski definition) is 6. The van der Waals surface area contributed by atoms with E-state index < -0.39 is 5.82 Å². The van der Waals surface area contributed by atoms with Gasteiger partial charge < -0.3 is 9.88 Å². The third-order valence-corrected chi connectivity index (χ3v) is 6.85. The standard InChI is InChI=1S/C25H25F2N7.2H2S/c1-14-23-25(31-15(2)30-14)34(24(32-23)18-6-19(26)9-28-8-18)12-17-4-3-16(5-22(17)27)11-33-13-20-7-21(33)10-29-20;;/h3-6,8-9,20-21,29H,7,10-13H2,1-2H3;2*1H2/t20-,21-;;/m0../s1. The summed E-state index contributed by atoms with van der Waals surface area (Å²) in [5, 5.41) is 3.50. The Hall–Kier alpha value is -2.60. The highest BCUT2D eigenvalue weighted by molar-refractivity contribution is 7.59. The fraction of sp³-hybridized carbons (Fsp3) is 0.360. The fourth-order valence-electron chi connectivity index (χ4n) is 5.24. The van der Waals surface area contributed by atoms with E-state index >= 15 is 4.39 Å². The summed E-state index contributed by atoms with van der Waals surface area (Å²) in [6.07, 6.45) is 3.87. The van der Waals surface area contributed by atoms with Crippen molar-refractivity contribution in [3.05, 3.63) is 70.9 Å². The number of fused-ring (bicyclic) bond motifs is 3. The number of aryl methyl sites for hydroxylation is 2. The van der Waals surface area contributed by atoms with Gasteiger partial charge in [0.15, 0.2) is 5.65 Å². The van der Waals surface area contributed by atoms with Crippen LogP contribution < -0.4 is 5.32 Å². The van der Waals surface area contributed by atoms with E-state index in [1.165, 1.54) is 12.5 Å². The van der Waals surface area contributed by atoms with Crippen LogP contribution in [0.25, 0.3) is 22.6 Å². The second kappa shape index (κ2) is 10.4. The third kappa shape index (κ3) is 4.84. The van der Waals surface area contributed by atoms with Crippen molar-refractivity contribution < 1.29 is 8.78 Å². The Bertz CT molecular complexity index is 1410. The minimum absolute atomic E-state index is 0. The predicted octanol–water partition coefficient (Wildman–Crippen LogP) is 3.60. The summed E-state index contributed by atoms with van der Waals surface area (Å²) in [6.45, 7) is 6.65. The van der Waals surface area contributed by atoms with Gasteiger partial charge >= 0.3 is 0 Å². The molecule has 2 bridgehead atoms. The van der Waals surface area contributed by atoms with Gasteiger partial charge in [0.05, 0.1) is 18.4 Å². The zero-order chi connectivity index (χ0) is 23.4. The third-order valence-electron chi connectivity index (χ3n) is 6.85. The second-order valence-electron chi connectivity index (χ2n) is 9.29. The van der Waals surface area contributed by atoms with Crippen LogP contribution in [0.2, 0.25) is 0 Å². The number of hydrogen-bond donors (Lipinski definition) is 1. The van der Waals surface area contributed by atoms with Crippen LogP contribution in [0.4, 0.5) is 8.78 Å². The van der Waals surface area contributed by atoms with Gasteiger partial charge in [0.1, 0.15) is 28.8 Å². The lowest BCUT2D eigenvalue weighted by Gasteiger charge is -2.27. The summed E-state index contributed by atoms with van der Waals surface area (Å²) in [7, 11) is 0. The molecule has 3 aromatic heterocycles. The van der Waals surface area contributed by atoms with Crippen LogP contribution in [-0.2, 0) is 13.1 Å². The average Bonchev–Trinajstić information content (AvgIpc) is 3.51. The van der Waals surface area contributed by atoms with E-state index in [0.717, 1.165) is 37.1 Å². The molecule has 0 saturated carbocycles. The number of imidazole rings is 1. The van der Waals surface area contributed by atoms with Crippen LogP contribution in [0.15, 0.2) is 36.7 Å². The highest BCUT2D eigenvalue weighted by Gasteiger charge is 2.37. The molecule has 7 nitrogen and oxygen atoms in total. The molecule has 1 aromatic carbocycles. The van der Waals surface area contributed by atoms with Gasteiger partial charge in [-0.1, -0.05) is 12.1 Å². The highest BCUT2D eigenvalue weighted by atomic mass is 32.1. The zero-order valence-electron chi connectivity index (χ0n) is 20.1. The van der Waals surface area contributed by atoms with Gasteiger partial charge in [-0.3, -0.25) is 9.88 Å². The van der Waals surface area contributed by atoms with Crippen LogP contribution in [-0.4, -0.2) is 54.6 Å². The first-order valence-electron chi connectivity index (χ1n) is 11.5. The number of halogens is 2. The molecule has 36 heavy (non-hydrogen) atoms. The van der Waals surface area contributed by atoms with Crippen molar-refractivity contribution in [1.82, 2.24) is 34.7 Å². The Morgan fingerprint density at radius 2 is 1.86 bits per heavy atom. The first-order chi connectivity index (χ1) is 16.4. The van der Waals surface area contributed by atoms with E-state index in [0.29, 0.717) is 46.0 Å². The Labute approximate surface area is 222 Å². The quantitative estimate of drug-likeness (QED) is 0.426. The molecule has 2 aliphatic heterocycles. The van der Waals surface area contributed by atoms with Crippen molar-refractivity contribution in [2.45, 2.75) is 45.4 Å². The van der Waals surface area contributed by atoms with E-state index in [9.17, 15) is 4.39 Å². The van der Waals surface area contributed by atoms with Gasteiger partial charge in [-0.25, -0.2) is 23.7 Å². The number of aromatic nitrogens is 5. The molecule has 1 N–H and O–H groups in total. The van der Waals surface area contributed by atoms with Gasteiger partial charge in [-0.05, 0) is 38.0 Å². The van der Waals surface area contributed by atoms with Crippen molar-refractivity contribution in [1.29, 1.82) is 0 Å². The van der Waals surface area contributed by atoms with Crippen LogP contribution in [0.1, 0.15) is 29.1 Å². The summed E-state index contributed by atoms with van der Waals surface area (Å²) in [6, 6.07) is 7.93. The molecule has 0 spiro atoms. The van der Waals surface area contributed by atoms with Crippen LogP contribution in [0.3, 0.4) is 0 Å². The van der Waals surface area contributed by atoms with Gasteiger partial charge in [0.25, 0.3) is 0 Å². The lowest BCUT2D eigenvalue weighted by molar-refractivity contribution is 0.217. The number of likely N-dealkylation sites (tertiary alicyclic amines) is 1. The van der Waals surface area contributed by atoms with E-state index in [-0.39, 0.29) is 39.4 Å². The summed E-state index contributed by atoms with van der Waals surface area (Å²) in [4.78, 5) is 20.1. The van der Waals surface area contributed by atoms with Gasteiger partial charge in [-0.2, -0.15) is 27.0 Å². The first kappa shape index (κ1) is 26.5. The van der Waals surface area contributed by atoms with Crippen molar-refractivity contribution in [3.63, 3.8) is 0 Å². The van der Waals surface area contributed by atoms with Crippen LogP contribution in [0, 0.1) is 25.5 Å². The van der Waals surface area contributed by atoms with Crippen LogP contribution >= 0.6 is 27.0 Å². The Balaban J connectivity index is 0.00000152. The molecule has 190 valence electrons. The molecule has 5 heterocycles. The number of benzene rings is 1. The van der Waals surface area contributed by atoms with E-state index in [1.54, 1.807) is 12.3 Å². The maximum absolute atomic E-state index is 15.3. The minimum atomic E-state index is -0.462. The minimum Gasteiger partial charge on any atom is -0.311 e. The largest absolute Gasteiger partial charge is 0.311 e. The number of nitrogens with zero attached hydrogens (tertiary/aromatic N) is 6. The van der Waals surface area contributed by atoms with Crippen LogP contribution in [0.5, 0.6) is 0 Å². The Kier molecular flexibility index (Phi) is 7.65. The Morgan fingerprint density at radius 1 is 1.03 bits per heavy atom. The summed E-state index contributed by atoms with van der Waals surface area (Å²) in [5.41, 5.74) is 3.91. The number of rotatable bonds is 5. The molecule has 0 amide bonds. The molecule has 2 fully saturated rings. The molecular weight excluding hydrogens is 500 g/mol. The monoisotopic (exact) mass is 529 g/mol.